The maximum atomic E-state index is 12.0. The summed E-state index contributed by atoms with van der Waals surface area (Å²) in [6, 6.07) is 7.00. The number of nitrogens with one attached hydrogen (secondary N) is 1. The van der Waals surface area contributed by atoms with Crippen LogP contribution in [0.4, 0.5) is 0 Å². The maximum absolute atomic E-state index is 12.0. The monoisotopic (exact) mass is 368 g/mol. The van der Waals surface area contributed by atoms with E-state index in [-0.39, 0.29) is 22.6 Å². The largest absolute Gasteiger partial charge is 0.304 e. The summed E-state index contributed by atoms with van der Waals surface area (Å²) in [7, 11) is 0. The molecular formula is C14H13BrN2O3S. The molecule has 1 aliphatic heterocycles. The van der Waals surface area contributed by atoms with Crippen molar-refractivity contribution in [3.8, 4) is 0 Å². The number of rotatable bonds is 4. The van der Waals surface area contributed by atoms with Crippen LogP contribution in [0.3, 0.4) is 0 Å². The van der Waals surface area contributed by atoms with Gasteiger partial charge < -0.3 is 5.32 Å². The molecule has 0 aromatic heterocycles. The Morgan fingerprint density at radius 3 is 2.57 bits per heavy atom. The molecule has 0 fully saturated rings. The van der Waals surface area contributed by atoms with Crippen LogP contribution in [0.1, 0.15) is 23.7 Å². The third-order valence-electron chi connectivity index (χ3n) is 2.97. The Balaban J connectivity index is 1.97. The average Bonchev–Trinajstić information content (AvgIpc) is 2.45. The van der Waals surface area contributed by atoms with Gasteiger partial charge in [0.1, 0.15) is 5.92 Å². The summed E-state index contributed by atoms with van der Waals surface area (Å²) < 4.78 is 0.895. The number of benzene rings is 1. The molecule has 0 aliphatic carbocycles. The van der Waals surface area contributed by atoms with Gasteiger partial charge in [0.2, 0.25) is 5.91 Å². The number of halogens is 1. The number of carbonyl (C=O) groups is 3. The second-order valence-electron chi connectivity index (χ2n) is 4.42. The molecule has 1 atom stereocenters. The van der Waals surface area contributed by atoms with Crippen LogP contribution in [-0.2, 0) is 9.59 Å². The van der Waals surface area contributed by atoms with E-state index in [9.17, 15) is 14.4 Å². The van der Waals surface area contributed by atoms with Gasteiger partial charge in [-0.25, -0.2) is 0 Å². The van der Waals surface area contributed by atoms with Crippen LogP contribution in [0.5, 0.6) is 0 Å². The lowest BCUT2D eigenvalue weighted by atomic mass is 10.0. The minimum absolute atomic E-state index is 0.0884. The third-order valence-corrected chi connectivity index (χ3v) is 4.37. The fourth-order valence-electron chi connectivity index (χ4n) is 1.79. The summed E-state index contributed by atoms with van der Waals surface area (Å²) in [5, 5.41) is 2.75. The molecule has 0 radical (unpaired) electrons. The molecule has 7 heteroatoms. The average molecular weight is 369 g/mol. The van der Waals surface area contributed by atoms with Gasteiger partial charge in [-0.2, -0.15) is 4.99 Å². The highest BCUT2D eigenvalue weighted by Crippen LogP contribution is 2.16. The fraction of sp³-hybridized carbons (Fsp3) is 0.286. The number of thioether (sulfide) groups is 1. The van der Waals surface area contributed by atoms with Crippen molar-refractivity contribution in [2.24, 2.45) is 10.9 Å². The molecule has 0 saturated heterocycles. The fourth-order valence-corrected chi connectivity index (χ4v) is 2.82. The number of carbonyl (C=O) groups excluding carboxylic acids is 3. The van der Waals surface area contributed by atoms with Gasteiger partial charge in [-0.05, 0) is 18.6 Å². The first kappa shape index (κ1) is 15.9. The van der Waals surface area contributed by atoms with Crippen LogP contribution in [-0.4, -0.2) is 28.5 Å². The number of amides is 2. The lowest BCUT2D eigenvalue weighted by Crippen LogP contribution is -2.42. The predicted molar refractivity (Wildman–Crippen MR) is 85.3 cm³/mol. The van der Waals surface area contributed by atoms with E-state index >= 15 is 0 Å². The SMILES string of the molecule is CCC1C(=O)N=C(SCC(=O)c2ccc(Br)cc2)NC1=O. The van der Waals surface area contributed by atoms with Gasteiger partial charge in [-0.1, -0.05) is 46.7 Å². The summed E-state index contributed by atoms with van der Waals surface area (Å²) in [6.45, 7) is 1.76. The Bertz CT molecular complexity index is 613. The molecule has 1 unspecified atom stereocenters. The summed E-state index contributed by atoms with van der Waals surface area (Å²) in [5.41, 5.74) is 0.575. The Hall–Kier alpha value is -1.47. The van der Waals surface area contributed by atoms with Crippen LogP contribution in [0.2, 0.25) is 0 Å². The van der Waals surface area contributed by atoms with Crippen LogP contribution < -0.4 is 5.32 Å². The van der Waals surface area contributed by atoms with Crippen molar-refractivity contribution in [3.63, 3.8) is 0 Å². The summed E-state index contributed by atoms with van der Waals surface area (Å²) in [4.78, 5) is 39.1. The highest BCUT2D eigenvalue weighted by Gasteiger charge is 2.30. The first-order valence-electron chi connectivity index (χ1n) is 6.36. The van der Waals surface area contributed by atoms with Crippen LogP contribution >= 0.6 is 27.7 Å². The molecule has 5 nitrogen and oxygen atoms in total. The van der Waals surface area contributed by atoms with E-state index in [2.05, 4.69) is 26.2 Å². The predicted octanol–water partition coefficient (Wildman–Crippen LogP) is 2.40. The number of hydrogen-bond donors (Lipinski definition) is 1. The van der Waals surface area contributed by atoms with E-state index in [4.69, 9.17) is 0 Å². The maximum Gasteiger partial charge on any atom is 0.260 e. The van der Waals surface area contributed by atoms with Crippen molar-refractivity contribution in [2.75, 3.05) is 5.75 Å². The molecule has 2 rings (SSSR count). The third kappa shape index (κ3) is 4.01. The number of nitrogens with zero attached hydrogens (tertiary/aromatic N) is 1. The van der Waals surface area contributed by atoms with E-state index in [1.54, 1.807) is 31.2 Å². The molecule has 1 aliphatic rings. The van der Waals surface area contributed by atoms with Crippen molar-refractivity contribution in [2.45, 2.75) is 13.3 Å². The Labute approximate surface area is 134 Å². The molecule has 0 spiro atoms. The first-order valence-corrected chi connectivity index (χ1v) is 8.14. The molecule has 2 amide bonds. The number of ketones is 1. The Morgan fingerprint density at radius 1 is 1.33 bits per heavy atom. The number of aliphatic imine (C=N–C) groups is 1. The van der Waals surface area contributed by atoms with Gasteiger partial charge in [0.15, 0.2) is 11.0 Å². The second-order valence-corrected chi connectivity index (χ2v) is 6.30. The highest BCUT2D eigenvalue weighted by atomic mass is 79.9. The molecule has 1 aromatic carbocycles. The molecule has 110 valence electrons. The molecule has 1 N–H and O–H groups in total. The zero-order valence-corrected chi connectivity index (χ0v) is 13.7. The van der Waals surface area contributed by atoms with Crippen LogP contribution in [0.15, 0.2) is 33.7 Å². The van der Waals surface area contributed by atoms with E-state index in [0.29, 0.717) is 12.0 Å². The van der Waals surface area contributed by atoms with Crippen LogP contribution in [0, 0.1) is 5.92 Å². The topological polar surface area (TPSA) is 75.6 Å². The number of Topliss-reactive ketones (excluding diaryl/α,β-unsaturated/α-hetero) is 1. The van der Waals surface area contributed by atoms with Crippen molar-refractivity contribution >= 4 is 50.5 Å². The lowest BCUT2D eigenvalue weighted by Gasteiger charge is -2.18. The van der Waals surface area contributed by atoms with E-state index in [1.165, 1.54) is 0 Å². The van der Waals surface area contributed by atoms with Gasteiger partial charge in [0.25, 0.3) is 5.91 Å². The normalized spacial score (nSPS) is 18.2. The number of amidine groups is 1. The summed E-state index contributed by atoms with van der Waals surface area (Å²) in [5.74, 6) is -1.48. The van der Waals surface area contributed by atoms with Gasteiger partial charge in [0.05, 0.1) is 5.75 Å². The molecule has 21 heavy (non-hydrogen) atoms. The zero-order chi connectivity index (χ0) is 15.4. The van der Waals surface area contributed by atoms with Crippen molar-refractivity contribution in [3.05, 3.63) is 34.3 Å². The summed E-state index contributed by atoms with van der Waals surface area (Å²) in [6.07, 6.45) is 0.421. The van der Waals surface area contributed by atoms with Crippen molar-refractivity contribution < 1.29 is 14.4 Å². The first-order chi connectivity index (χ1) is 10.0. The van der Waals surface area contributed by atoms with Gasteiger partial charge in [-0.3, -0.25) is 14.4 Å². The molecule has 0 bridgehead atoms. The van der Waals surface area contributed by atoms with Crippen molar-refractivity contribution in [1.82, 2.24) is 5.32 Å². The Morgan fingerprint density at radius 2 is 2.00 bits per heavy atom. The summed E-state index contributed by atoms with van der Waals surface area (Å²) >= 11 is 4.36. The molecular weight excluding hydrogens is 356 g/mol. The zero-order valence-electron chi connectivity index (χ0n) is 11.3. The lowest BCUT2D eigenvalue weighted by molar-refractivity contribution is -0.133. The van der Waals surface area contributed by atoms with E-state index in [1.807, 2.05) is 0 Å². The van der Waals surface area contributed by atoms with Gasteiger partial charge in [-0.15, -0.1) is 0 Å². The number of hydrogen-bond acceptors (Lipinski definition) is 4. The highest BCUT2D eigenvalue weighted by molar-refractivity contribution is 9.10. The standard InChI is InChI=1S/C14H13BrN2O3S/c1-2-10-12(19)16-14(17-13(10)20)21-7-11(18)8-3-5-9(15)6-4-8/h3-6,10H,2,7H2,1H3,(H,16,17,19,20). The minimum Gasteiger partial charge on any atom is -0.304 e. The van der Waals surface area contributed by atoms with Gasteiger partial charge in [0, 0.05) is 10.0 Å². The minimum atomic E-state index is -0.712. The quantitative estimate of drug-likeness (QED) is 0.653. The second kappa shape index (κ2) is 7.00. The van der Waals surface area contributed by atoms with Gasteiger partial charge >= 0.3 is 0 Å². The smallest absolute Gasteiger partial charge is 0.260 e. The van der Waals surface area contributed by atoms with E-state index < -0.39 is 11.8 Å². The van der Waals surface area contributed by atoms with Crippen LogP contribution in [0.25, 0.3) is 0 Å². The Kier molecular flexibility index (Phi) is 5.30. The molecule has 0 saturated carbocycles. The molecule has 1 aromatic rings. The van der Waals surface area contributed by atoms with E-state index in [0.717, 1.165) is 16.2 Å². The molecule has 1 heterocycles. The van der Waals surface area contributed by atoms with Crippen molar-refractivity contribution in [1.29, 1.82) is 0 Å².